The van der Waals surface area contributed by atoms with Gasteiger partial charge in [0.05, 0.1) is 0 Å². The number of hydrogen-bond acceptors (Lipinski definition) is 2. The topological polar surface area (TPSA) is 74.6 Å². The molecule has 0 aromatic rings. The largest absolute Gasteiger partial charge is 2.00 e. The van der Waals surface area contributed by atoms with Crippen LogP contribution in [0.5, 0.6) is 0 Å². The van der Waals surface area contributed by atoms with E-state index in [1.165, 1.54) is 0 Å². The first kappa shape index (κ1) is 16.0. The second-order valence-electron chi connectivity index (χ2n) is 0.610. The fraction of sp³-hybridized carbons (Fsp3) is 0. The van der Waals surface area contributed by atoms with E-state index in [1.807, 2.05) is 0 Å². The molecule has 6 heteroatoms. The maximum Gasteiger partial charge on any atom is 2.00 e. The SMILES string of the molecule is O=C(O)C(=O)O.[Ba+2].[H-].[H-].[V]. The van der Waals surface area contributed by atoms with Crippen molar-refractivity contribution in [3.05, 3.63) is 0 Å². The maximum absolute atomic E-state index is 9.10. The molecule has 0 aromatic heterocycles. The molecule has 43 valence electrons. The number of hydrogen-bond donors (Lipinski definition) is 2. The van der Waals surface area contributed by atoms with Gasteiger partial charge < -0.3 is 13.1 Å². The monoisotopic (exact) mass is 281 g/mol. The van der Waals surface area contributed by atoms with Crippen molar-refractivity contribution in [2.75, 3.05) is 0 Å². The molecule has 0 aliphatic rings. The molecule has 8 heavy (non-hydrogen) atoms. The van der Waals surface area contributed by atoms with Crippen LogP contribution in [0.4, 0.5) is 0 Å². The minimum atomic E-state index is -1.82. The molecule has 0 spiro atoms. The van der Waals surface area contributed by atoms with Gasteiger partial charge in [0.25, 0.3) is 0 Å². The van der Waals surface area contributed by atoms with E-state index >= 15 is 0 Å². The van der Waals surface area contributed by atoms with Gasteiger partial charge in [-0.2, -0.15) is 0 Å². The first-order valence-corrected chi connectivity index (χ1v) is 1.11. The van der Waals surface area contributed by atoms with Crippen molar-refractivity contribution in [2.24, 2.45) is 0 Å². The van der Waals surface area contributed by atoms with Crippen LogP contribution in [0.3, 0.4) is 0 Å². The molecule has 0 aliphatic carbocycles. The van der Waals surface area contributed by atoms with E-state index in [-0.39, 0.29) is 70.3 Å². The molecule has 0 aliphatic heterocycles. The van der Waals surface area contributed by atoms with E-state index in [9.17, 15) is 0 Å². The first-order valence-electron chi connectivity index (χ1n) is 1.11. The summed E-state index contributed by atoms with van der Waals surface area (Å²) in [5.41, 5.74) is 0. The molecule has 0 rings (SSSR count). The number of carboxylic acids is 2. The molecule has 0 heterocycles. The molecule has 0 fully saturated rings. The van der Waals surface area contributed by atoms with E-state index in [2.05, 4.69) is 0 Å². The molecule has 0 unspecified atom stereocenters. The minimum absolute atomic E-state index is 0. The third-order valence-electron chi connectivity index (χ3n) is 0.183. The average Bonchev–Trinajstić information content (AvgIpc) is 1.36. The third kappa shape index (κ3) is 10.2. The number of aliphatic carboxylic acids is 2. The molecule has 0 atom stereocenters. The van der Waals surface area contributed by atoms with Crippen LogP contribution >= 0.6 is 0 Å². The summed E-state index contributed by atoms with van der Waals surface area (Å²) in [7, 11) is 0. The zero-order valence-corrected chi connectivity index (χ0v) is 9.70. The quantitative estimate of drug-likeness (QED) is 0.441. The Hall–Kier alpha value is 1.10. The molecule has 1 radical (unpaired) electrons. The zero-order valence-electron chi connectivity index (χ0n) is 5.87. The number of carboxylic acid groups (broad SMARTS) is 2. The summed E-state index contributed by atoms with van der Waals surface area (Å²) in [6, 6.07) is 0. The van der Waals surface area contributed by atoms with Gasteiger partial charge in [0.15, 0.2) is 0 Å². The average molecular weight is 280 g/mol. The van der Waals surface area contributed by atoms with Crippen molar-refractivity contribution in [3.63, 3.8) is 0 Å². The fourth-order valence-electron chi connectivity index (χ4n) is 0. The molecule has 0 amide bonds. The summed E-state index contributed by atoms with van der Waals surface area (Å²) in [5.74, 6) is -3.65. The van der Waals surface area contributed by atoms with Crippen LogP contribution in [-0.2, 0) is 28.1 Å². The Morgan fingerprint density at radius 1 is 1.12 bits per heavy atom. The molecular formula is C2H4BaO4V. The summed E-state index contributed by atoms with van der Waals surface area (Å²) >= 11 is 0. The Labute approximate surface area is 101 Å². The summed E-state index contributed by atoms with van der Waals surface area (Å²) < 4.78 is 0. The van der Waals surface area contributed by atoms with Crippen LogP contribution in [0.2, 0.25) is 0 Å². The minimum Gasteiger partial charge on any atom is -1.00 e. The van der Waals surface area contributed by atoms with Gasteiger partial charge in [-0.25, -0.2) is 9.59 Å². The fourth-order valence-corrected chi connectivity index (χ4v) is 0. The van der Waals surface area contributed by atoms with Crippen LogP contribution in [0, 0.1) is 0 Å². The summed E-state index contributed by atoms with van der Waals surface area (Å²) in [4.78, 5) is 18.2. The second-order valence-corrected chi connectivity index (χ2v) is 0.610. The Bertz CT molecular complexity index is 87.3. The van der Waals surface area contributed by atoms with Gasteiger partial charge in [0.1, 0.15) is 0 Å². The normalized spacial score (nSPS) is 5.50. The van der Waals surface area contributed by atoms with E-state index < -0.39 is 11.9 Å². The molecule has 2 N–H and O–H groups in total. The van der Waals surface area contributed by atoms with Crippen molar-refractivity contribution in [1.82, 2.24) is 0 Å². The Kier molecular flexibility index (Phi) is 16.2. The van der Waals surface area contributed by atoms with Crippen LogP contribution in [0.15, 0.2) is 0 Å². The van der Waals surface area contributed by atoms with Gasteiger partial charge in [-0.3, -0.25) is 0 Å². The molecule has 0 saturated heterocycles. The Morgan fingerprint density at radius 2 is 1.25 bits per heavy atom. The van der Waals surface area contributed by atoms with Crippen molar-refractivity contribution in [1.29, 1.82) is 0 Å². The zero-order chi connectivity index (χ0) is 5.15. The number of carbonyl (C=O) groups is 2. The molecule has 0 aromatic carbocycles. The summed E-state index contributed by atoms with van der Waals surface area (Å²) in [5, 5.41) is 14.8. The van der Waals surface area contributed by atoms with E-state index in [4.69, 9.17) is 19.8 Å². The second kappa shape index (κ2) is 8.10. The van der Waals surface area contributed by atoms with Gasteiger partial charge >= 0.3 is 60.8 Å². The molecular weight excluding hydrogens is 276 g/mol. The predicted octanol–water partition coefficient (Wildman–Crippen LogP) is -1.00. The molecule has 0 bridgehead atoms. The van der Waals surface area contributed by atoms with Gasteiger partial charge in [-0.1, -0.05) is 0 Å². The smallest absolute Gasteiger partial charge is 1.00 e. The van der Waals surface area contributed by atoms with Gasteiger partial charge in [0, 0.05) is 18.6 Å². The van der Waals surface area contributed by atoms with Crippen LogP contribution in [0.1, 0.15) is 2.85 Å². The summed E-state index contributed by atoms with van der Waals surface area (Å²) in [6.07, 6.45) is 0. The van der Waals surface area contributed by atoms with Gasteiger partial charge in [-0.15, -0.1) is 0 Å². The third-order valence-corrected chi connectivity index (χ3v) is 0.183. The van der Waals surface area contributed by atoms with Gasteiger partial charge in [-0.05, 0) is 0 Å². The summed E-state index contributed by atoms with van der Waals surface area (Å²) in [6.45, 7) is 0. The number of rotatable bonds is 0. The Morgan fingerprint density at radius 3 is 1.25 bits per heavy atom. The van der Waals surface area contributed by atoms with E-state index in [0.29, 0.717) is 0 Å². The van der Waals surface area contributed by atoms with Crippen LogP contribution in [-0.4, -0.2) is 71.0 Å². The van der Waals surface area contributed by atoms with Crippen LogP contribution < -0.4 is 0 Å². The first-order chi connectivity index (χ1) is 2.64. The molecule has 0 saturated carbocycles. The van der Waals surface area contributed by atoms with Crippen molar-refractivity contribution < 1.29 is 41.2 Å². The van der Waals surface area contributed by atoms with Crippen LogP contribution in [0.25, 0.3) is 0 Å². The van der Waals surface area contributed by atoms with E-state index in [1.54, 1.807) is 0 Å². The predicted molar refractivity (Wildman–Crippen MR) is 23.2 cm³/mol. The standard InChI is InChI=1S/C2H2O4.Ba.V.2H/c3-1(4)2(5)6;;;;/h(H,3,4)(H,5,6);;;;/q;+2;;2*-1. The van der Waals surface area contributed by atoms with Gasteiger partial charge in [0.2, 0.25) is 0 Å². The van der Waals surface area contributed by atoms with Crippen molar-refractivity contribution in [2.45, 2.75) is 0 Å². The van der Waals surface area contributed by atoms with Crippen molar-refractivity contribution >= 4 is 60.8 Å². The Balaban J connectivity index is -0.0000000208. The molecule has 4 nitrogen and oxygen atoms in total. The van der Waals surface area contributed by atoms with Crippen molar-refractivity contribution in [3.8, 4) is 0 Å². The van der Waals surface area contributed by atoms with E-state index in [0.717, 1.165) is 0 Å². The maximum atomic E-state index is 9.10.